The fourth-order valence-corrected chi connectivity index (χ4v) is 5.14. The van der Waals surface area contributed by atoms with Gasteiger partial charge < -0.3 is 25.8 Å². The molecule has 2 atom stereocenters. The molecule has 4 aromatic rings. The van der Waals surface area contributed by atoms with Gasteiger partial charge in [-0.05, 0) is 54.4 Å². The van der Waals surface area contributed by atoms with Crippen LogP contribution in [-0.2, 0) is 0 Å². The van der Waals surface area contributed by atoms with Crippen LogP contribution < -0.4 is 20.7 Å². The number of carbonyl (C=O) groups excluding carboxylic acids is 1. The van der Waals surface area contributed by atoms with Crippen molar-refractivity contribution in [2.45, 2.75) is 18.5 Å². The van der Waals surface area contributed by atoms with Gasteiger partial charge >= 0.3 is 0 Å². The largest absolute Gasteiger partial charge is 0.496 e. The molecule has 5 rings (SSSR count). The van der Waals surface area contributed by atoms with Crippen LogP contribution in [0.5, 0.6) is 5.75 Å². The third-order valence-electron chi connectivity index (χ3n) is 7.15. The number of hydrogen-bond acceptors (Lipinski definition) is 9. The van der Waals surface area contributed by atoms with Crippen molar-refractivity contribution >= 4 is 17.3 Å². The van der Waals surface area contributed by atoms with Crippen LogP contribution in [-0.4, -0.2) is 53.3 Å². The van der Waals surface area contributed by atoms with E-state index in [0.717, 1.165) is 0 Å². The van der Waals surface area contributed by atoms with E-state index in [1.165, 1.54) is 37.6 Å². The standard InChI is InChI=1S/C31H26FN7O3/c1-42-28-4-2-3-24(32)29(28)30-20(14-34)6-8-26(37-30)31(41)38-25-7-5-18(23-15-36-10-9-19(23)13-33)11-27(25)39-16-21(35)12-22(39)17-40/h2-11,15,21-22,40H,12,16-17,35H2,1H3,(H,38,41)/t21-,22-/m0/s1. The maximum absolute atomic E-state index is 14.9. The Morgan fingerprint density at radius 1 is 1.19 bits per heavy atom. The lowest BCUT2D eigenvalue weighted by Gasteiger charge is -2.28. The number of amides is 1. The van der Waals surface area contributed by atoms with Gasteiger partial charge in [-0.15, -0.1) is 0 Å². The van der Waals surface area contributed by atoms with Gasteiger partial charge in [-0.2, -0.15) is 10.5 Å². The lowest BCUT2D eigenvalue weighted by Crippen LogP contribution is -2.33. The van der Waals surface area contributed by atoms with Crippen LogP contribution in [0.1, 0.15) is 28.0 Å². The summed E-state index contributed by atoms with van der Waals surface area (Å²) in [6.45, 7) is 0.286. The van der Waals surface area contributed by atoms with Crippen molar-refractivity contribution in [3.05, 3.63) is 89.6 Å². The van der Waals surface area contributed by atoms with Crippen LogP contribution in [0.15, 0.2) is 67.0 Å². The summed E-state index contributed by atoms with van der Waals surface area (Å²) in [4.78, 5) is 24.0. The molecule has 1 amide bonds. The van der Waals surface area contributed by atoms with Gasteiger partial charge in [0.05, 0.1) is 59.6 Å². The second kappa shape index (κ2) is 12.0. The maximum Gasteiger partial charge on any atom is 0.274 e. The molecular weight excluding hydrogens is 537 g/mol. The highest BCUT2D eigenvalue weighted by Crippen LogP contribution is 2.37. The number of halogens is 1. The second-order valence-corrected chi connectivity index (χ2v) is 9.73. The number of anilines is 2. The zero-order valence-corrected chi connectivity index (χ0v) is 22.6. The minimum Gasteiger partial charge on any atom is -0.496 e. The van der Waals surface area contributed by atoms with Crippen LogP contribution in [0.3, 0.4) is 0 Å². The summed E-state index contributed by atoms with van der Waals surface area (Å²) in [7, 11) is 1.38. The number of aliphatic hydroxyl groups is 1. The summed E-state index contributed by atoms with van der Waals surface area (Å²) in [5.41, 5.74) is 8.92. The Kier molecular flexibility index (Phi) is 8.07. The van der Waals surface area contributed by atoms with Gasteiger partial charge in [0.15, 0.2) is 0 Å². The molecule has 2 aromatic heterocycles. The lowest BCUT2D eigenvalue weighted by atomic mass is 10.0. The first-order valence-electron chi connectivity index (χ1n) is 13.1. The number of benzene rings is 2. The number of hydrogen-bond donors (Lipinski definition) is 3. The van der Waals surface area contributed by atoms with Gasteiger partial charge in [0.25, 0.3) is 5.91 Å². The first kappa shape index (κ1) is 28.2. The van der Waals surface area contributed by atoms with Crippen LogP contribution in [0.4, 0.5) is 15.8 Å². The van der Waals surface area contributed by atoms with Gasteiger partial charge in [0.1, 0.15) is 23.3 Å². The van der Waals surface area contributed by atoms with Crippen LogP contribution in [0, 0.1) is 28.5 Å². The summed E-state index contributed by atoms with van der Waals surface area (Å²) in [5, 5.41) is 32.2. The number of pyridine rings is 2. The van der Waals surface area contributed by atoms with Crippen molar-refractivity contribution in [1.82, 2.24) is 9.97 Å². The minimum atomic E-state index is -0.652. The highest BCUT2D eigenvalue weighted by molar-refractivity contribution is 6.05. The van der Waals surface area contributed by atoms with Crippen LogP contribution in [0.25, 0.3) is 22.4 Å². The Morgan fingerprint density at radius 2 is 2.00 bits per heavy atom. The highest BCUT2D eigenvalue weighted by atomic mass is 19.1. The number of nitriles is 2. The number of nitrogens with zero attached hydrogens (tertiary/aromatic N) is 5. The third kappa shape index (κ3) is 5.34. The monoisotopic (exact) mass is 563 g/mol. The molecule has 0 aliphatic carbocycles. The normalized spacial score (nSPS) is 16.0. The van der Waals surface area contributed by atoms with Crippen molar-refractivity contribution in [3.8, 4) is 40.3 Å². The molecule has 0 unspecified atom stereocenters. The summed E-state index contributed by atoms with van der Waals surface area (Å²) in [5.74, 6) is -1.09. The van der Waals surface area contributed by atoms with Crippen molar-refractivity contribution < 1.29 is 19.0 Å². The van der Waals surface area contributed by atoms with Gasteiger partial charge in [0, 0.05) is 30.5 Å². The second-order valence-electron chi connectivity index (χ2n) is 9.73. The van der Waals surface area contributed by atoms with Crippen molar-refractivity contribution in [2.75, 3.05) is 30.5 Å². The Labute approximate surface area is 241 Å². The molecule has 1 aliphatic rings. The summed E-state index contributed by atoms with van der Waals surface area (Å²) >= 11 is 0. The predicted octanol–water partition coefficient (Wildman–Crippen LogP) is 3.85. The van der Waals surface area contributed by atoms with Crippen molar-refractivity contribution in [1.29, 1.82) is 10.5 Å². The summed E-state index contributed by atoms with van der Waals surface area (Å²) in [6, 6.07) is 17.6. The molecule has 1 fully saturated rings. The minimum absolute atomic E-state index is 0.0258. The van der Waals surface area contributed by atoms with E-state index in [-0.39, 0.29) is 47.0 Å². The van der Waals surface area contributed by atoms with E-state index in [2.05, 4.69) is 21.4 Å². The van der Waals surface area contributed by atoms with E-state index in [9.17, 15) is 24.8 Å². The molecule has 1 aliphatic heterocycles. The number of nitrogens with two attached hydrogens (primary N) is 1. The summed E-state index contributed by atoms with van der Waals surface area (Å²) in [6.07, 6.45) is 3.68. The topological polar surface area (TPSA) is 161 Å². The Hall–Kier alpha value is -5.36. The maximum atomic E-state index is 14.9. The molecule has 0 bridgehead atoms. The first-order valence-corrected chi connectivity index (χ1v) is 13.1. The Bertz CT molecular complexity index is 1750. The number of rotatable bonds is 7. The van der Waals surface area contributed by atoms with Crippen molar-refractivity contribution in [2.24, 2.45) is 5.73 Å². The molecular formula is C31H26FN7O3. The van der Waals surface area contributed by atoms with Gasteiger partial charge in [-0.3, -0.25) is 9.78 Å². The number of nitrogens with one attached hydrogen (secondary N) is 1. The molecule has 4 N–H and O–H groups in total. The van der Waals surface area contributed by atoms with Crippen LogP contribution in [0.2, 0.25) is 0 Å². The van der Waals surface area contributed by atoms with E-state index in [1.807, 2.05) is 17.0 Å². The number of methoxy groups -OCH3 is 1. The molecule has 1 saturated heterocycles. The number of carbonyl (C=O) groups is 1. The fraction of sp³-hybridized carbons (Fsp3) is 0.194. The number of aromatic nitrogens is 2. The Morgan fingerprint density at radius 3 is 2.74 bits per heavy atom. The molecule has 42 heavy (non-hydrogen) atoms. The average Bonchev–Trinajstić information content (AvgIpc) is 3.41. The molecule has 10 nitrogen and oxygen atoms in total. The number of ether oxygens (including phenoxy) is 1. The quantitative estimate of drug-likeness (QED) is 0.303. The molecule has 0 spiro atoms. The first-order chi connectivity index (χ1) is 20.4. The highest BCUT2D eigenvalue weighted by Gasteiger charge is 2.32. The molecule has 210 valence electrons. The fourth-order valence-electron chi connectivity index (χ4n) is 5.14. The molecule has 0 radical (unpaired) electrons. The van der Waals surface area contributed by atoms with Crippen LogP contribution >= 0.6 is 0 Å². The lowest BCUT2D eigenvalue weighted by molar-refractivity contribution is 0.102. The smallest absolute Gasteiger partial charge is 0.274 e. The molecule has 3 heterocycles. The zero-order chi connectivity index (χ0) is 29.8. The van der Waals surface area contributed by atoms with E-state index in [0.29, 0.717) is 41.0 Å². The third-order valence-corrected chi connectivity index (χ3v) is 7.15. The zero-order valence-electron chi connectivity index (χ0n) is 22.6. The molecule has 2 aromatic carbocycles. The number of aliphatic hydroxyl groups excluding tert-OH is 1. The van der Waals surface area contributed by atoms with E-state index in [1.54, 1.807) is 30.5 Å². The average molecular weight is 564 g/mol. The molecule has 11 heteroatoms. The molecule has 0 saturated carbocycles. The predicted molar refractivity (Wildman–Crippen MR) is 154 cm³/mol. The van der Waals surface area contributed by atoms with E-state index < -0.39 is 11.7 Å². The Balaban J connectivity index is 1.57. The summed E-state index contributed by atoms with van der Waals surface area (Å²) < 4.78 is 20.2. The van der Waals surface area contributed by atoms with E-state index in [4.69, 9.17) is 10.5 Å². The van der Waals surface area contributed by atoms with Gasteiger partial charge in [-0.25, -0.2) is 9.37 Å². The van der Waals surface area contributed by atoms with Crippen molar-refractivity contribution in [3.63, 3.8) is 0 Å². The SMILES string of the molecule is COc1cccc(F)c1-c1nc(C(=O)Nc2ccc(-c3cnccc3C#N)cc2N2C[C@@H](N)C[C@H]2CO)ccc1C#N. The van der Waals surface area contributed by atoms with Gasteiger partial charge in [-0.1, -0.05) is 12.1 Å². The van der Waals surface area contributed by atoms with E-state index >= 15 is 0 Å². The van der Waals surface area contributed by atoms with Gasteiger partial charge in [0.2, 0.25) is 0 Å².